The molecule has 1 aromatic rings. The van der Waals surface area contributed by atoms with Crippen LogP contribution in [0, 0.1) is 0 Å². The van der Waals surface area contributed by atoms with Gasteiger partial charge in [0.2, 0.25) is 0 Å². The summed E-state index contributed by atoms with van der Waals surface area (Å²) < 4.78 is 0. The van der Waals surface area contributed by atoms with E-state index in [1.165, 1.54) is 0 Å². The standard InChI is InChI=1S/C14H21N3OS/c1-2-6-15-12-4-5-13(16-11-12)14(18)17-7-3-9-19-10-8-17/h4-5,11,15H,2-3,6-10H2,1H3. The number of anilines is 1. The number of rotatable bonds is 4. The van der Waals surface area contributed by atoms with Crippen LogP contribution in [0.4, 0.5) is 5.69 Å². The van der Waals surface area contributed by atoms with Gasteiger partial charge < -0.3 is 10.2 Å². The molecule has 5 heteroatoms. The van der Waals surface area contributed by atoms with Gasteiger partial charge in [0.15, 0.2) is 0 Å². The largest absolute Gasteiger partial charge is 0.384 e. The molecular formula is C14H21N3OS. The smallest absolute Gasteiger partial charge is 0.272 e. The highest BCUT2D eigenvalue weighted by Crippen LogP contribution is 2.13. The number of amides is 1. The molecule has 1 aliphatic heterocycles. The molecule has 1 aliphatic rings. The van der Waals surface area contributed by atoms with Gasteiger partial charge in [-0.05, 0) is 30.7 Å². The van der Waals surface area contributed by atoms with Crippen LogP contribution in [0.3, 0.4) is 0 Å². The average molecular weight is 279 g/mol. The first kappa shape index (κ1) is 14.2. The first-order valence-corrected chi connectivity index (χ1v) is 8.03. The highest BCUT2D eigenvalue weighted by Gasteiger charge is 2.18. The summed E-state index contributed by atoms with van der Waals surface area (Å²) in [6.07, 6.45) is 3.90. The molecule has 1 amide bonds. The third kappa shape index (κ3) is 4.13. The number of carbonyl (C=O) groups excluding carboxylic acids is 1. The predicted octanol–water partition coefficient (Wildman–Crippen LogP) is 2.48. The Bertz CT molecular complexity index is 400. The van der Waals surface area contributed by atoms with E-state index in [2.05, 4.69) is 17.2 Å². The SMILES string of the molecule is CCCNc1ccc(C(=O)N2CCCSCC2)nc1. The average Bonchev–Trinajstić information content (AvgIpc) is 2.74. The molecule has 0 saturated carbocycles. The second kappa shape index (κ2) is 7.38. The molecule has 0 atom stereocenters. The van der Waals surface area contributed by atoms with Gasteiger partial charge in [0.25, 0.3) is 5.91 Å². The lowest BCUT2D eigenvalue weighted by Gasteiger charge is -2.19. The van der Waals surface area contributed by atoms with Gasteiger partial charge >= 0.3 is 0 Å². The fourth-order valence-electron chi connectivity index (χ4n) is 2.01. The van der Waals surface area contributed by atoms with Gasteiger partial charge in [-0.15, -0.1) is 0 Å². The Labute approximate surface area is 119 Å². The van der Waals surface area contributed by atoms with Gasteiger partial charge in [0, 0.05) is 25.4 Å². The summed E-state index contributed by atoms with van der Waals surface area (Å²) in [5.74, 6) is 2.24. The first-order chi connectivity index (χ1) is 9.31. The summed E-state index contributed by atoms with van der Waals surface area (Å²) >= 11 is 1.92. The molecule has 0 bridgehead atoms. The van der Waals surface area contributed by atoms with Crippen molar-refractivity contribution in [2.24, 2.45) is 0 Å². The number of thioether (sulfide) groups is 1. The summed E-state index contributed by atoms with van der Waals surface area (Å²) in [6, 6.07) is 3.75. The van der Waals surface area contributed by atoms with Crippen molar-refractivity contribution in [2.75, 3.05) is 36.5 Å². The van der Waals surface area contributed by atoms with Crippen molar-refractivity contribution in [3.05, 3.63) is 24.0 Å². The van der Waals surface area contributed by atoms with Crippen LogP contribution in [0.15, 0.2) is 18.3 Å². The van der Waals surface area contributed by atoms with Gasteiger partial charge in [-0.25, -0.2) is 4.98 Å². The van der Waals surface area contributed by atoms with E-state index in [4.69, 9.17) is 0 Å². The maximum absolute atomic E-state index is 12.3. The van der Waals surface area contributed by atoms with Crippen molar-refractivity contribution < 1.29 is 4.79 Å². The van der Waals surface area contributed by atoms with Crippen LogP contribution in [0.25, 0.3) is 0 Å². The molecule has 1 aromatic heterocycles. The molecular weight excluding hydrogens is 258 g/mol. The Balaban J connectivity index is 1.98. The zero-order chi connectivity index (χ0) is 13.5. The Morgan fingerprint density at radius 1 is 1.42 bits per heavy atom. The van der Waals surface area contributed by atoms with Crippen LogP contribution in [0.1, 0.15) is 30.3 Å². The van der Waals surface area contributed by atoms with Gasteiger partial charge in [-0.2, -0.15) is 11.8 Å². The lowest BCUT2D eigenvalue weighted by Crippen LogP contribution is -2.33. The van der Waals surface area contributed by atoms with E-state index >= 15 is 0 Å². The summed E-state index contributed by atoms with van der Waals surface area (Å²) in [6.45, 7) is 4.73. The normalized spacial score (nSPS) is 15.9. The molecule has 1 N–H and O–H groups in total. The molecule has 2 heterocycles. The lowest BCUT2D eigenvalue weighted by atomic mass is 10.2. The number of pyridine rings is 1. The van der Waals surface area contributed by atoms with E-state index in [-0.39, 0.29) is 5.91 Å². The van der Waals surface area contributed by atoms with E-state index < -0.39 is 0 Å². The Kier molecular flexibility index (Phi) is 5.51. The number of aromatic nitrogens is 1. The molecule has 19 heavy (non-hydrogen) atoms. The molecule has 4 nitrogen and oxygen atoms in total. The quantitative estimate of drug-likeness (QED) is 0.919. The van der Waals surface area contributed by atoms with Crippen LogP contribution in [-0.4, -0.2) is 46.9 Å². The van der Waals surface area contributed by atoms with Gasteiger partial charge in [-0.3, -0.25) is 4.79 Å². The van der Waals surface area contributed by atoms with E-state index in [1.54, 1.807) is 6.20 Å². The highest BCUT2D eigenvalue weighted by atomic mass is 32.2. The monoisotopic (exact) mass is 279 g/mol. The molecule has 0 unspecified atom stereocenters. The lowest BCUT2D eigenvalue weighted by molar-refractivity contribution is 0.0762. The van der Waals surface area contributed by atoms with Crippen molar-refractivity contribution >= 4 is 23.4 Å². The third-order valence-corrected chi connectivity index (χ3v) is 4.12. The summed E-state index contributed by atoms with van der Waals surface area (Å²) in [7, 11) is 0. The van der Waals surface area contributed by atoms with E-state index in [0.29, 0.717) is 5.69 Å². The summed E-state index contributed by atoms with van der Waals surface area (Å²) in [4.78, 5) is 18.5. The van der Waals surface area contributed by atoms with E-state index in [9.17, 15) is 4.79 Å². The minimum Gasteiger partial charge on any atom is -0.384 e. The molecule has 1 fully saturated rings. The number of nitrogens with one attached hydrogen (secondary N) is 1. The second-order valence-corrected chi connectivity index (χ2v) is 5.84. The molecule has 0 aromatic carbocycles. The minimum atomic E-state index is 0.0598. The fourth-order valence-corrected chi connectivity index (χ4v) is 2.89. The Hall–Kier alpha value is -1.23. The van der Waals surface area contributed by atoms with Gasteiger partial charge in [0.05, 0.1) is 11.9 Å². The highest BCUT2D eigenvalue weighted by molar-refractivity contribution is 7.99. The first-order valence-electron chi connectivity index (χ1n) is 6.88. The zero-order valence-electron chi connectivity index (χ0n) is 11.4. The number of nitrogens with zero attached hydrogens (tertiary/aromatic N) is 2. The van der Waals surface area contributed by atoms with E-state index in [1.807, 2.05) is 28.8 Å². The molecule has 104 valence electrons. The number of hydrogen-bond acceptors (Lipinski definition) is 4. The predicted molar refractivity (Wildman–Crippen MR) is 80.9 cm³/mol. The second-order valence-electron chi connectivity index (χ2n) is 4.62. The maximum Gasteiger partial charge on any atom is 0.272 e. The maximum atomic E-state index is 12.3. The molecule has 0 spiro atoms. The molecule has 2 rings (SSSR count). The topological polar surface area (TPSA) is 45.2 Å². The Morgan fingerprint density at radius 3 is 3.05 bits per heavy atom. The van der Waals surface area contributed by atoms with Crippen molar-refractivity contribution in [3.8, 4) is 0 Å². The molecule has 0 aliphatic carbocycles. The van der Waals surface area contributed by atoms with Crippen molar-refractivity contribution in [1.29, 1.82) is 0 Å². The molecule has 0 radical (unpaired) electrons. The van der Waals surface area contributed by atoms with Crippen molar-refractivity contribution in [3.63, 3.8) is 0 Å². The summed E-state index contributed by atoms with van der Waals surface area (Å²) in [5, 5.41) is 3.26. The van der Waals surface area contributed by atoms with Crippen LogP contribution >= 0.6 is 11.8 Å². The van der Waals surface area contributed by atoms with Crippen LogP contribution < -0.4 is 5.32 Å². The van der Waals surface area contributed by atoms with Gasteiger partial charge in [-0.1, -0.05) is 6.92 Å². The summed E-state index contributed by atoms with van der Waals surface area (Å²) in [5.41, 5.74) is 1.53. The number of carbonyl (C=O) groups is 1. The van der Waals surface area contributed by atoms with Crippen LogP contribution in [0.5, 0.6) is 0 Å². The fraction of sp³-hybridized carbons (Fsp3) is 0.571. The Morgan fingerprint density at radius 2 is 2.32 bits per heavy atom. The third-order valence-electron chi connectivity index (χ3n) is 3.07. The van der Waals surface area contributed by atoms with Crippen LogP contribution in [0.2, 0.25) is 0 Å². The van der Waals surface area contributed by atoms with Gasteiger partial charge in [0.1, 0.15) is 5.69 Å². The van der Waals surface area contributed by atoms with Crippen molar-refractivity contribution in [2.45, 2.75) is 19.8 Å². The van der Waals surface area contributed by atoms with Crippen LogP contribution in [-0.2, 0) is 0 Å². The van der Waals surface area contributed by atoms with E-state index in [0.717, 1.165) is 49.7 Å². The zero-order valence-corrected chi connectivity index (χ0v) is 12.2. The van der Waals surface area contributed by atoms with Crippen molar-refractivity contribution in [1.82, 2.24) is 9.88 Å². The minimum absolute atomic E-state index is 0.0598. The number of hydrogen-bond donors (Lipinski definition) is 1. The molecule has 1 saturated heterocycles.